The molecule has 16 heavy (non-hydrogen) atoms. The van der Waals surface area contributed by atoms with Crippen molar-refractivity contribution >= 4 is 5.91 Å². The summed E-state index contributed by atoms with van der Waals surface area (Å²) in [5, 5.41) is 2.99. The standard InChI is InChI=1S/C13H21NO2/c1-10(7-11-5-6-16-9-11)14-12(15)8-13(2,3)4/h5-6,9-10H,7-8H2,1-4H3,(H,14,15). The SMILES string of the molecule is CC(Cc1ccoc1)NC(=O)CC(C)(C)C. The highest BCUT2D eigenvalue weighted by atomic mass is 16.3. The van der Waals surface area contributed by atoms with Crippen LogP contribution < -0.4 is 5.32 Å². The number of rotatable bonds is 4. The Morgan fingerprint density at radius 2 is 2.19 bits per heavy atom. The Kier molecular flexibility index (Phi) is 4.16. The van der Waals surface area contributed by atoms with Crippen LogP contribution in [0.25, 0.3) is 0 Å². The van der Waals surface area contributed by atoms with E-state index in [0.717, 1.165) is 12.0 Å². The second-order valence-electron chi connectivity index (χ2n) is 5.54. The average molecular weight is 223 g/mol. The third kappa shape index (κ3) is 5.01. The maximum Gasteiger partial charge on any atom is 0.220 e. The molecule has 90 valence electrons. The highest BCUT2D eigenvalue weighted by Crippen LogP contribution is 2.18. The summed E-state index contributed by atoms with van der Waals surface area (Å²) in [6.45, 7) is 8.20. The summed E-state index contributed by atoms with van der Waals surface area (Å²) in [6, 6.07) is 2.07. The van der Waals surface area contributed by atoms with Gasteiger partial charge in [0.2, 0.25) is 5.91 Å². The molecule has 1 heterocycles. The first-order valence-corrected chi connectivity index (χ1v) is 5.67. The van der Waals surface area contributed by atoms with E-state index in [4.69, 9.17) is 4.42 Å². The molecule has 0 aliphatic carbocycles. The smallest absolute Gasteiger partial charge is 0.220 e. The van der Waals surface area contributed by atoms with Crippen molar-refractivity contribution in [3.8, 4) is 0 Å². The normalized spacial score (nSPS) is 13.5. The van der Waals surface area contributed by atoms with Crippen LogP contribution in [-0.4, -0.2) is 11.9 Å². The van der Waals surface area contributed by atoms with E-state index in [2.05, 4.69) is 26.1 Å². The van der Waals surface area contributed by atoms with Crippen LogP contribution in [0.2, 0.25) is 0 Å². The van der Waals surface area contributed by atoms with E-state index in [1.54, 1.807) is 12.5 Å². The van der Waals surface area contributed by atoms with Crippen LogP contribution in [-0.2, 0) is 11.2 Å². The third-order valence-electron chi connectivity index (χ3n) is 2.22. The van der Waals surface area contributed by atoms with E-state index in [0.29, 0.717) is 6.42 Å². The van der Waals surface area contributed by atoms with E-state index < -0.39 is 0 Å². The van der Waals surface area contributed by atoms with E-state index in [1.807, 2.05) is 13.0 Å². The number of carbonyl (C=O) groups excluding carboxylic acids is 1. The molecule has 0 aliphatic heterocycles. The maximum atomic E-state index is 11.7. The minimum atomic E-state index is 0.0411. The molecule has 0 aliphatic rings. The van der Waals surface area contributed by atoms with Gasteiger partial charge in [-0.15, -0.1) is 0 Å². The first kappa shape index (κ1) is 12.8. The predicted octanol–water partition coefficient (Wildman–Crippen LogP) is 2.76. The Morgan fingerprint density at radius 3 is 2.69 bits per heavy atom. The summed E-state index contributed by atoms with van der Waals surface area (Å²) in [4.78, 5) is 11.7. The molecule has 0 saturated carbocycles. The zero-order valence-electron chi connectivity index (χ0n) is 10.5. The van der Waals surface area contributed by atoms with Crippen molar-refractivity contribution in [1.82, 2.24) is 5.32 Å². The van der Waals surface area contributed by atoms with Crippen molar-refractivity contribution in [3.05, 3.63) is 24.2 Å². The van der Waals surface area contributed by atoms with E-state index >= 15 is 0 Å². The third-order valence-corrected chi connectivity index (χ3v) is 2.22. The van der Waals surface area contributed by atoms with Crippen LogP contribution in [0.4, 0.5) is 0 Å². The summed E-state index contributed by atoms with van der Waals surface area (Å²) < 4.78 is 4.99. The van der Waals surface area contributed by atoms with Crippen LogP contribution in [0.1, 0.15) is 39.7 Å². The van der Waals surface area contributed by atoms with Gasteiger partial charge in [0.25, 0.3) is 0 Å². The van der Waals surface area contributed by atoms with E-state index in [9.17, 15) is 4.79 Å². The largest absolute Gasteiger partial charge is 0.472 e. The fourth-order valence-electron chi connectivity index (χ4n) is 1.62. The van der Waals surface area contributed by atoms with Crippen LogP contribution in [0, 0.1) is 5.41 Å². The summed E-state index contributed by atoms with van der Waals surface area (Å²) in [6.07, 6.45) is 4.74. The quantitative estimate of drug-likeness (QED) is 0.852. The molecular formula is C13H21NO2. The lowest BCUT2D eigenvalue weighted by Crippen LogP contribution is -2.35. The number of amides is 1. The number of hydrogen-bond donors (Lipinski definition) is 1. The van der Waals surface area contributed by atoms with Gasteiger partial charge in [-0.25, -0.2) is 0 Å². The summed E-state index contributed by atoms with van der Waals surface area (Å²) in [5.41, 5.74) is 1.16. The van der Waals surface area contributed by atoms with Gasteiger partial charge in [-0.1, -0.05) is 20.8 Å². The topological polar surface area (TPSA) is 42.2 Å². The molecule has 1 amide bonds. The zero-order chi connectivity index (χ0) is 12.2. The molecular weight excluding hydrogens is 202 g/mol. The molecule has 0 radical (unpaired) electrons. The van der Waals surface area contributed by atoms with Gasteiger partial charge in [0.05, 0.1) is 12.5 Å². The lowest BCUT2D eigenvalue weighted by molar-refractivity contribution is -0.123. The summed E-state index contributed by atoms with van der Waals surface area (Å²) in [5.74, 6) is 0.114. The van der Waals surface area contributed by atoms with Crippen molar-refractivity contribution < 1.29 is 9.21 Å². The van der Waals surface area contributed by atoms with Crippen molar-refractivity contribution in [2.75, 3.05) is 0 Å². The molecule has 3 nitrogen and oxygen atoms in total. The van der Waals surface area contributed by atoms with E-state index in [-0.39, 0.29) is 17.4 Å². The second-order valence-corrected chi connectivity index (χ2v) is 5.54. The van der Waals surface area contributed by atoms with Gasteiger partial charge >= 0.3 is 0 Å². The van der Waals surface area contributed by atoms with Crippen LogP contribution >= 0.6 is 0 Å². The molecule has 1 unspecified atom stereocenters. The number of hydrogen-bond acceptors (Lipinski definition) is 2. The minimum absolute atomic E-state index is 0.0411. The Morgan fingerprint density at radius 1 is 1.50 bits per heavy atom. The Labute approximate surface area is 97.2 Å². The highest BCUT2D eigenvalue weighted by Gasteiger charge is 2.17. The van der Waals surface area contributed by atoms with Crippen molar-refractivity contribution in [1.29, 1.82) is 0 Å². The second kappa shape index (κ2) is 5.19. The molecule has 0 bridgehead atoms. The Hall–Kier alpha value is -1.25. The lowest BCUT2D eigenvalue weighted by Gasteiger charge is -2.19. The van der Waals surface area contributed by atoms with Crippen molar-refractivity contribution in [2.24, 2.45) is 5.41 Å². The molecule has 1 atom stereocenters. The number of furan rings is 1. The molecule has 3 heteroatoms. The molecule has 0 aromatic carbocycles. The fourth-order valence-corrected chi connectivity index (χ4v) is 1.62. The Bertz CT molecular complexity index is 322. The maximum absolute atomic E-state index is 11.7. The molecule has 1 N–H and O–H groups in total. The molecule has 1 rings (SSSR count). The molecule has 0 fully saturated rings. The summed E-state index contributed by atoms with van der Waals surface area (Å²) >= 11 is 0. The Balaban J connectivity index is 2.34. The number of carbonyl (C=O) groups is 1. The minimum Gasteiger partial charge on any atom is -0.472 e. The predicted molar refractivity (Wildman–Crippen MR) is 64.1 cm³/mol. The van der Waals surface area contributed by atoms with Crippen molar-refractivity contribution in [2.45, 2.75) is 46.6 Å². The zero-order valence-corrected chi connectivity index (χ0v) is 10.5. The van der Waals surface area contributed by atoms with Crippen LogP contribution in [0.3, 0.4) is 0 Å². The molecule has 0 spiro atoms. The highest BCUT2D eigenvalue weighted by molar-refractivity contribution is 5.76. The van der Waals surface area contributed by atoms with Crippen LogP contribution in [0.5, 0.6) is 0 Å². The van der Waals surface area contributed by atoms with Gasteiger partial charge in [-0.2, -0.15) is 0 Å². The molecule has 1 aromatic heterocycles. The van der Waals surface area contributed by atoms with Gasteiger partial charge in [0, 0.05) is 12.5 Å². The lowest BCUT2D eigenvalue weighted by atomic mass is 9.92. The first-order chi connectivity index (χ1) is 7.37. The van der Waals surface area contributed by atoms with Gasteiger partial charge in [-0.3, -0.25) is 4.79 Å². The molecule has 1 aromatic rings. The number of nitrogens with one attached hydrogen (secondary N) is 1. The van der Waals surface area contributed by atoms with Crippen molar-refractivity contribution in [3.63, 3.8) is 0 Å². The first-order valence-electron chi connectivity index (χ1n) is 5.67. The summed E-state index contributed by atoms with van der Waals surface area (Å²) in [7, 11) is 0. The van der Waals surface area contributed by atoms with Gasteiger partial charge in [0.1, 0.15) is 0 Å². The monoisotopic (exact) mass is 223 g/mol. The molecule has 0 saturated heterocycles. The van der Waals surface area contributed by atoms with Crippen LogP contribution in [0.15, 0.2) is 23.0 Å². The van der Waals surface area contributed by atoms with Gasteiger partial charge in [0.15, 0.2) is 0 Å². The fraction of sp³-hybridized carbons (Fsp3) is 0.615. The van der Waals surface area contributed by atoms with Gasteiger partial charge in [-0.05, 0) is 30.4 Å². The average Bonchev–Trinajstić information content (AvgIpc) is 2.51. The van der Waals surface area contributed by atoms with Gasteiger partial charge < -0.3 is 9.73 Å². The van der Waals surface area contributed by atoms with E-state index in [1.165, 1.54) is 0 Å².